The highest BCUT2D eigenvalue weighted by Gasteiger charge is 2.24. The van der Waals surface area contributed by atoms with Gasteiger partial charge in [0, 0.05) is 38.0 Å². The standard InChI is InChI=1S/C13H20N2O2/c1-10-3-2-4-13(15-10)14-7-12(8-16)11-5-6-17-9-11/h2-4,11-12,16H,5-9H2,1H3,(H,14,15). The van der Waals surface area contributed by atoms with Crippen LogP contribution in [0.2, 0.25) is 0 Å². The van der Waals surface area contributed by atoms with E-state index in [2.05, 4.69) is 10.3 Å². The van der Waals surface area contributed by atoms with E-state index in [0.29, 0.717) is 5.92 Å². The molecule has 2 N–H and O–H groups in total. The Kier molecular flexibility index (Phi) is 4.34. The Balaban J connectivity index is 1.87. The van der Waals surface area contributed by atoms with Crippen LogP contribution in [-0.4, -0.2) is 36.5 Å². The number of hydrogen-bond acceptors (Lipinski definition) is 4. The van der Waals surface area contributed by atoms with Crippen LogP contribution in [0.3, 0.4) is 0 Å². The molecule has 2 rings (SSSR count). The molecule has 94 valence electrons. The van der Waals surface area contributed by atoms with Crippen molar-refractivity contribution in [2.75, 3.05) is 31.7 Å². The molecule has 2 heterocycles. The molecule has 1 aromatic heterocycles. The van der Waals surface area contributed by atoms with Gasteiger partial charge in [-0.15, -0.1) is 0 Å². The van der Waals surface area contributed by atoms with E-state index in [9.17, 15) is 5.11 Å². The second-order valence-electron chi connectivity index (χ2n) is 4.61. The minimum atomic E-state index is 0.201. The van der Waals surface area contributed by atoms with Gasteiger partial charge >= 0.3 is 0 Å². The van der Waals surface area contributed by atoms with Gasteiger partial charge in [0.1, 0.15) is 5.82 Å². The Morgan fingerprint density at radius 2 is 2.47 bits per heavy atom. The van der Waals surface area contributed by atoms with Crippen molar-refractivity contribution in [2.24, 2.45) is 11.8 Å². The number of aromatic nitrogens is 1. The number of aliphatic hydroxyl groups is 1. The first-order valence-electron chi connectivity index (χ1n) is 6.15. The van der Waals surface area contributed by atoms with Crippen molar-refractivity contribution in [1.29, 1.82) is 0 Å². The monoisotopic (exact) mass is 236 g/mol. The summed E-state index contributed by atoms with van der Waals surface area (Å²) >= 11 is 0. The number of nitrogens with one attached hydrogen (secondary N) is 1. The highest BCUT2D eigenvalue weighted by molar-refractivity contribution is 5.35. The van der Waals surface area contributed by atoms with Crippen molar-refractivity contribution in [2.45, 2.75) is 13.3 Å². The zero-order valence-corrected chi connectivity index (χ0v) is 10.2. The predicted molar refractivity (Wildman–Crippen MR) is 67.0 cm³/mol. The van der Waals surface area contributed by atoms with E-state index in [4.69, 9.17) is 4.74 Å². The van der Waals surface area contributed by atoms with Crippen LogP contribution in [0.25, 0.3) is 0 Å². The van der Waals surface area contributed by atoms with Gasteiger partial charge in [0.2, 0.25) is 0 Å². The molecule has 1 aromatic rings. The first kappa shape index (κ1) is 12.3. The van der Waals surface area contributed by atoms with Gasteiger partial charge in [-0.3, -0.25) is 0 Å². The summed E-state index contributed by atoms with van der Waals surface area (Å²) in [7, 11) is 0. The summed E-state index contributed by atoms with van der Waals surface area (Å²) in [6, 6.07) is 5.91. The Labute approximate surface area is 102 Å². The zero-order valence-electron chi connectivity index (χ0n) is 10.2. The molecule has 1 fully saturated rings. The van der Waals surface area contributed by atoms with Crippen molar-refractivity contribution in [3.05, 3.63) is 23.9 Å². The Bertz CT molecular complexity index is 351. The molecule has 1 aliphatic rings. The Morgan fingerprint density at radius 1 is 1.59 bits per heavy atom. The van der Waals surface area contributed by atoms with Crippen LogP contribution in [-0.2, 0) is 4.74 Å². The third kappa shape index (κ3) is 3.41. The van der Waals surface area contributed by atoms with Crippen LogP contribution in [0.15, 0.2) is 18.2 Å². The molecule has 2 unspecified atom stereocenters. The lowest BCUT2D eigenvalue weighted by Gasteiger charge is -2.20. The average molecular weight is 236 g/mol. The van der Waals surface area contributed by atoms with Crippen LogP contribution < -0.4 is 5.32 Å². The Morgan fingerprint density at radius 3 is 3.12 bits per heavy atom. The first-order chi connectivity index (χ1) is 8.29. The lowest BCUT2D eigenvalue weighted by Crippen LogP contribution is -2.26. The number of aryl methyl sites for hydroxylation is 1. The fourth-order valence-electron chi connectivity index (χ4n) is 2.18. The highest BCUT2D eigenvalue weighted by atomic mass is 16.5. The van der Waals surface area contributed by atoms with E-state index in [1.165, 1.54) is 0 Å². The lowest BCUT2D eigenvalue weighted by atomic mass is 9.92. The predicted octanol–water partition coefficient (Wildman–Crippen LogP) is 1.45. The highest BCUT2D eigenvalue weighted by Crippen LogP contribution is 2.22. The average Bonchev–Trinajstić information content (AvgIpc) is 2.84. The molecule has 0 aliphatic carbocycles. The summed E-state index contributed by atoms with van der Waals surface area (Å²) in [6.07, 6.45) is 1.05. The molecule has 0 radical (unpaired) electrons. The van der Waals surface area contributed by atoms with E-state index in [1.807, 2.05) is 25.1 Å². The van der Waals surface area contributed by atoms with Crippen LogP contribution in [0.1, 0.15) is 12.1 Å². The second kappa shape index (κ2) is 5.98. The van der Waals surface area contributed by atoms with Crippen LogP contribution in [0.4, 0.5) is 5.82 Å². The third-order valence-corrected chi connectivity index (χ3v) is 3.30. The topological polar surface area (TPSA) is 54.4 Å². The maximum Gasteiger partial charge on any atom is 0.126 e. The summed E-state index contributed by atoms with van der Waals surface area (Å²) in [4.78, 5) is 4.38. The largest absolute Gasteiger partial charge is 0.396 e. The van der Waals surface area contributed by atoms with Gasteiger partial charge in [-0.25, -0.2) is 4.98 Å². The van der Waals surface area contributed by atoms with Gasteiger partial charge in [0.15, 0.2) is 0 Å². The molecule has 0 amide bonds. The third-order valence-electron chi connectivity index (χ3n) is 3.30. The molecular formula is C13H20N2O2. The van der Waals surface area contributed by atoms with E-state index in [-0.39, 0.29) is 12.5 Å². The summed E-state index contributed by atoms with van der Waals surface area (Å²) < 4.78 is 5.36. The van der Waals surface area contributed by atoms with Crippen molar-refractivity contribution in [3.63, 3.8) is 0 Å². The molecular weight excluding hydrogens is 216 g/mol. The van der Waals surface area contributed by atoms with Gasteiger partial charge in [-0.1, -0.05) is 6.07 Å². The molecule has 1 aliphatic heterocycles. The smallest absolute Gasteiger partial charge is 0.126 e. The molecule has 0 saturated carbocycles. The van der Waals surface area contributed by atoms with Crippen molar-refractivity contribution in [1.82, 2.24) is 4.98 Å². The van der Waals surface area contributed by atoms with Gasteiger partial charge in [0.05, 0.1) is 0 Å². The number of nitrogens with zero attached hydrogens (tertiary/aromatic N) is 1. The molecule has 2 atom stereocenters. The number of rotatable bonds is 5. The Hall–Kier alpha value is -1.13. The van der Waals surface area contributed by atoms with Crippen LogP contribution >= 0.6 is 0 Å². The first-order valence-corrected chi connectivity index (χ1v) is 6.15. The summed E-state index contributed by atoms with van der Waals surface area (Å²) in [6.45, 7) is 4.52. The molecule has 17 heavy (non-hydrogen) atoms. The van der Waals surface area contributed by atoms with Gasteiger partial charge in [-0.05, 0) is 31.4 Å². The molecule has 0 bridgehead atoms. The quantitative estimate of drug-likeness (QED) is 0.812. The van der Waals surface area contributed by atoms with Crippen molar-refractivity contribution >= 4 is 5.82 Å². The summed E-state index contributed by atoms with van der Waals surface area (Å²) in [5.41, 5.74) is 1.000. The molecule has 4 nitrogen and oxygen atoms in total. The fourth-order valence-corrected chi connectivity index (χ4v) is 2.18. The summed E-state index contributed by atoms with van der Waals surface area (Å²) in [5, 5.41) is 12.7. The number of ether oxygens (including phenoxy) is 1. The number of anilines is 1. The maximum atomic E-state index is 9.40. The second-order valence-corrected chi connectivity index (χ2v) is 4.61. The zero-order chi connectivity index (χ0) is 12.1. The molecule has 1 saturated heterocycles. The SMILES string of the molecule is Cc1cccc(NCC(CO)C2CCOC2)n1. The molecule has 0 aromatic carbocycles. The van der Waals surface area contributed by atoms with Gasteiger partial charge in [0.25, 0.3) is 0 Å². The minimum absolute atomic E-state index is 0.201. The van der Waals surface area contributed by atoms with Gasteiger partial charge < -0.3 is 15.2 Å². The van der Waals surface area contributed by atoms with E-state index in [1.54, 1.807) is 0 Å². The molecule has 0 spiro atoms. The summed E-state index contributed by atoms with van der Waals surface area (Å²) in [5.74, 6) is 1.60. The van der Waals surface area contributed by atoms with Crippen molar-refractivity contribution in [3.8, 4) is 0 Å². The number of aliphatic hydroxyl groups excluding tert-OH is 1. The normalized spacial score (nSPS) is 21.4. The number of pyridine rings is 1. The molecule has 4 heteroatoms. The minimum Gasteiger partial charge on any atom is -0.396 e. The van der Waals surface area contributed by atoms with Crippen LogP contribution in [0.5, 0.6) is 0 Å². The number of hydrogen-bond donors (Lipinski definition) is 2. The fraction of sp³-hybridized carbons (Fsp3) is 0.615. The lowest BCUT2D eigenvalue weighted by molar-refractivity contribution is 0.145. The van der Waals surface area contributed by atoms with E-state index in [0.717, 1.165) is 37.7 Å². The van der Waals surface area contributed by atoms with Gasteiger partial charge in [-0.2, -0.15) is 0 Å². The van der Waals surface area contributed by atoms with E-state index < -0.39 is 0 Å². The van der Waals surface area contributed by atoms with Crippen molar-refractivity contribution < 1.29 is 9.84 Å². The maximum absolute atomic E-state index is 9.40. The van der Waals surface area contributed by atoms with Crippen LogP contribution in [0, 0.1) is 18.8 Å². The van der Waals surface area contributed by atoms with E-state index >= 15 is 0 Å².